The largest absolute Gasteiger partial charge is 0.377 e. The summed E-state index contributed by atoms with van der Waals surface area (Å²) in [6.45, 7) is 4.76. The SMILES string of the molecule is CCC(C)OCC(N)c1ccc(-c2ccccc2)cc1. The second-order valence-corrected chi connectivity index (χ2v) is 5.15. The molecule has 20 heavy (non-hydrogen) atoms. The van der Waals surface area contributed by atoms with Crippen molar-refractivity contribution in [1.29, 1.82) is 0 Å². The Labute approximate surface area is 121 Å². The Morgan fingerprint density at radius 3 is 2.15 bits per heavy atom. The van der Waals surface area contributed by atoms with Crippen molar-refractivity contribution in [3.63, 3.8) is 0 Å². The molecule has 0 radical (unpaired) electrons. The Morgan fingerprint density at radius 2 is 1.55 bits per heavy atom. The fraction of sp³-hybridized carbons (Fsp3) is 0.333. The molecule has 2 aromatic carbocycles. The summed E-state index contributed by atoms with van der Waals surface area (Å²) in [5.41, 5.74) is 9.72. The highest BCUT2D eigenvalue weighted by Gasteiger charge is 2.08. The van der Waals surface area contributed by atoms with Crippen LogP contribution in [0.25, 0.3) is 11.1 Å². The molecule has 2 atom stereocenters. The van der Waals surface area contributed by atoms with E-state index in [1.54, 1.807) is 0 Å². The Morgan fingerprint density at radius 1 is 0.950 bits per heavy atom. The predicted octanol–water partition coefficient (Wildman–Crippen LogP) is 4.17. The van der Waals surface area contributed by atoms with Crippen LogP contribution in [0.5, 0.6) is 0 Å². The van der Waals surface area contributed by atoms with Crippen LogP contribution in [0.3, 0.4) is 0 Å². The van der Waals surface area contributed by atoms with Gasteiger partial charge in [-0.15, -0.1) is 0 Å². The summed E-state index contributed by atoms with van der Waals surface area (Å²) in [5, 5.41) is 0. The molecule has 0 aliphatic carbocycles. The fourth-order valence-electron chi connectivity index (χ4n) is 2.04. The van der Waals surface area contributed by atoms with E-state index in [-0.39, 0.29) is 12.1 Å². The first-order valence-electron chi connectivity index (χ1n) is 7.23. The van der Waals surface area contributed by atoms with Gasteiger partial charge in [-0.1, -0.05) is 61.5 Å². The fourth-order valence-corrected chi connectivity index (χ4v) is 2.04. The summed E-state index contributed by atoms with van der Waals surface area (Å²) in [7, 11) is 0. The molecule has 0 aliphatic rings. The van der Waals surface area contributed by atoms with Crippen molar-refractivity contribution in [3.8, 4) is 11.1 Å². The standard InChI is InChI=1S/C18H23NO/c1-3-14(2)20-13-18(19)17-11-9-16(10-12-17)15-7-5-4-6-8-15/h4-12,14,18H,3,13,19H2,1-2H3. The average molecular weight is 269 g/mol. The van der Waals surface area contributed by atoms with Crippen molar-refractivity contribution in [2.24, 2.45) is 5.73 Å². The number of nitrogens with two attached hydrogens (primary N) is 1. The Bertz CT molecular complexity index is 507. The van der Waals surface area contributed by atoms with Crippen molar-refractivity contribution in [2.45, 2.75) is 32.4 Å². The molecule has 2 heteroatoms. The minimum Gasteiger partial charge on any atom is -0.377 e. The molecule has 0 amide bonds. The molecular weight excluding hydrogens is 246 g/mol. The third kappa shape index (κ3) is 3.92. The number of benzene rings is 2. The van der Waals surface area contributed by atoms with E-state index < -0.39 is 0 Å². The molecule has 0 saturated heterocycles. The van der Waals surface area contributed by atoms with Crippen LogP contribution in [0.4, 0.5) is 0 Å². The van der Waals surface area contributed by atoms with Crippen LogP contribution in [0.1, 0.15) is 31.9 Å². The van der Waals surface area contributed by atoms with Gasteiger partial charge in [0, 0.05) is 0 Å². The highest BCUT2D eigenvalue weighted by atomic mass is 16.5. The molecule has 2 unspecified atom stereocenters. The van der Waals surface area contributed by atoms with Gasteiger partial charge in [0.2, 0.25) is 0 Å². The lowest BCUT2D eigenvalue weighted by Crippen LogP contribution is -2.20. The quantitative estimate of drug-likeness (QED) is 0.854. The normalized spacial score (nSPS) is 13.9. The third-order valence-electron chi connectivity index (χ3n) is 3.58. The van der Waals surface area contributed by atoms with E-state index in [2.05, 4.69) is 62.4 Å². The van der Waals surface area contributed by atoms with Gasteiger partial charge in [0.25, 0.3) is 0 Å². The van der Waals surface area contributed by atoms with Gasteiger partial charge < -0.3 is 10.5 Å². The van der Waals surface area contributed by atoms with Crippen LogP contribution >= 0.6 is 0 Å². The third-order valence-corrected chi connectivity index (χ3v) is 3.58. The molecule has 2 aromatic rings. The molecule has 2 rings (SSSR count). The molecule has 0 saturated carbocycles. The zero-order valence-corrected chi connectivity index (χ0v) is 12.3. The first-order chi connectivity index (χ1) is 9.70. The van der Waals surface area contributed by atoms with Crippen LogP contribution in [0.2, 0.25) is 0 Å². The van der Waals surface area contributed by atoms with Gasteiger partial charge in [-0.2, -0.15) is 0 Å². The summed E-state index contributed by atoms with van der Waals surface area (Å²) in [5.74, 6) is 0. The molecule has 0 aliphatic heterocycles. The molecule has 106 valence electrons. The van der Waals surface area contributed by atoms with Crippen LogP contribution in [0, 0.1) is 0 Å². The van der Waals surface area contributed by atoms with Gasteiger partial charge in [0.05, 0.1) is 18.8 Å². The lowest BCUT2D eigenvalue weighted by atomic mass is 10.0. The second kappa shape index (κ2) is 7.22. The first kappa shape index (κ1) is 14.8. The average Bonchev–Trinajstić information content (AvgIpc) is 2.53. The summed E-state index contributed by atoms with van der Waals surface area (Å²) >= 11 is 0. The lowest BCUT2D eigenvalue weighted by molar-refractivity contribution is 0.0539. The zero-order valence-electron chi connectivity index (χ0n) is 12.3. The maximum atomic E-state index is 6.16. The number of hydrogen-bond acceptors (Lipinski definition) is 2. The highest BCUT2D eigenvalue weighted by Crippen LogP contribution is 2.21. The molecule has 0 spiro atoms. The summed E-state index contributed by atoms with van der Waals surface area (Å²) < 4.78 is 5.70. The molecule has 2 nitrogen and oxygen atoms in total. The van der Waals surface area contributed by atoms with Crippen LogP contribution in [-0.4, -0.2) is 12.7 Å². The molecule has 0 bridgehead atoms. The van der Waals surface area contributed by atoms with E-state index in [0.717, 1.165) is 12.0 Å². The monoisotopic (exact) mass is 269 g/mol. The zero-order chi connectivity index (χ0) is 14.4. The van der Waals surface area contributed by atoms with Gasteiger partial charge in [-0.3, -0.25) is 0 Å². The predicted molar refractivity (Wildman–Crippen MR) is 84.5 cm³/mol. The van der Waals surface area contributed by atoms with Crippen molar-refractivity contribution in [1.82, 2.24) is 0 Å². The van der Waals surface area contributed by atoms with Crippen molar-refractivity contribution >= 4 is 0 Å². The molecule has 0 heterocycles. The van der Waals surface area contributed by atoms with Crippen LogP contribution < -0.4 is 5.73 Å². The van der Waals surface area contributed by atoms with Crippen LogP contribution in [-0.2, 0) is 4.74 Å². The van der Waals surface area contributed by atoms with Gasteiger partial charge >= 0.3 is 0 Å². The summed E-state index contributed by atoms with van der Waals surface area (Å²) in [6, 6.07) is 18.7. The summed E-state index contributed by atoms with van der Waals surface area (Å²) in [6.07, 6.45) is 1.28. The van der Waals surface area contributed by atoms with Gasteiger partial charge in [-0.25, -0.2) is 0 Å². The number of rotatable bonds is 6. The van der Waals surface area contributed by atoms with E-state index in [4.69, 9.17) is 10.5 Å². The number of hydrogen-bond donors (Lipinski definition) is 1. The molecule has 2 N–H and O–H groups in total. The highest BCUT2D eigenvalue weighted by molar-refractivity contribution is 5.63. The maximum absolute atomic E-state index is 6.16. The van der Waals surface area contributed by atoms with E-state index in [0.29, 0.717) is 6.61 Å². The number of ether oxygens (including phenoxy) is 1. The Kier molecular flexibility index (Phi) is 5.33. The minimum atomic E-state index is -0.0613. The van der Waals surface area contributed by atoms with E-state index in [1.165, 1.54) is 11.1 Å². The van der Waals surface area contributed by atoms with E-state index in [1.807, 2.05) is 6.07 Å². The molecule has 0 fully saturated rings. The molecular formula is C18H23NO. The van der Waals surface area contributed by atoms with Crippen LogP contribution in [0.15, 0.2) is 54.6 Å². The van der Waals surface area contributed by atoms with Gasteiger partial charge in [0.15, 0.2) is 0 Å². The van der Waals surface area contributed by atoms with Crippen molar-refractivity contribution in [3.05, 3.63) is 60.2 Å². The maximum Gasteiger partial charge on any atom is 0.0662 e. The minimum absolute atomic E-state index is 0.0613. The van der Waals surface area contributed by atoms with E-state index >= 15 is 0 Å². The van der Waals surface area contributed by atoms with Gasteiger partial charge in [-0.05, 0) is 30.0 Å². The first-order valence-corrected chi connectivity index (χ1v) is 7.23. The summed E-state index contributed by atoms with van der Waals surface area (Å²) in [4.78, 5) is 0. The molecule has 0 aromatic heterocycles. The van der Waals surface area contributed by atoms with Gasteiger partial charge in [0.1, 0.15) is 0 Å². The smallest absolute Gasteiger partial charge is 0.0662 e. The van der Waals surface area contributed by atoms with Crippen molar-refractivity contribution < 1.29 is 4.74 Å². The van der Waals surface area contributed by atoms with E-state index in [9.17, 15) is 0 Å². The lowest BCUT2D eigenvalue weighted by Gasteiger charge is -2.16. The Hall–Kier alpha value is -1.64. The van der Waals surface area contributed by atoms with Crippen molar-refractivity contribution in [2.75, 3.05) is 6.61 Å². The second-order valence-electron chi connectivity index (χ2n) is 5.15. The topological polar surface area (TPSA) is 35.2 Å². The Balaban J connectivity index is 2.01.